The van der Waals surface area contributed by atoms with Crippen LogP contribution in [0.25, 0.3) is 21.9 Å². The molecular formula is C21H15NO4. The molecule has 0 bridgehead atoms. The van der Waals surface area contributed by atoms with Gasteiger partial charge in [-0.15, -0.1) is 0 Å². The second kappa shape index (κ2) is 6.72. The third kappa shape index (κ3) is 3.15. The van der Waals surface area contributed by atoms with Gasteiger partial charge in [-0.3, -0.25) is 4.79 Å². The predicted molar refractivity (Wildman–Crippen MR) is 99.1 cm³/mol. The van der Waals surface area contributed by atoms with Crippen molar-refractivity contribution in [2.24, 2.45) is 0 Å². The van der Waals surface area contributed by atoms with Crippen LogP contribution in [0.15, 0.2) is 77.2 Å². The Bertz CT molecular complexity index is 1100. The van der Waals surface area contributed by atoms with Gasteiger partial charge in [0.2, 0.25) is 0 Å². The summed E-state index contributed by atoms with van der Waals surface area (Å²) in [5, 5.41) is 4.63. The molecule has 3 aromatic carbocycles. The van der Waals surface area contributed by atoms with Crippen LogP contribution >= 0.6 is 0 Å². The zero-order valence-corrected chi connectivity index (χ0v) is 13.8. The number of rotatable bonds is 4. The van der Waals surface area contributed by atoms with Crippen LogP contribution in [0, 0.1) is 0 Å². The standard InChI is InChI=1S/C21H15NO4/c23-20(13-25-21(24)14-6-2-1-3-7-14)22-15-10-11-19-17(12-15)16-8-4-5-9-18(16)26-19/h1-12H,13H2,(H,22,23). The van der Waals surface area contributed by atoms with Crippen molar-refractivity contribution in [1.29, 1.82) is 0 Å². The maximum Gasteiger partial charge on any atom is 0.338 e. The fourth-order valence-corrected chi connectivity index (χ4v) is 2.79. The van der Waals surface area contributed by atoms with Gasteiger partial charge in [0.05, 0.1) is 5.56 Å². The number of nitrogens with one attached hydrogen (secondary N) is 1. The molecule has 0 aliphatic heterocycles. The molecular weight excluding hydrogens is 330 g/mol. The Labute approximate surface area is 149 Å². The van der Waals surface area contributed by atoms with Crippen LogP contribution in [0.4, 0.5) is 5.69 Å². The monoisotopic (exact) mass is 345 g/mol. The summed E-state index contributed by atoms with van der Waals surface area (Å²) in [6.07, 6.45) is 0. The van der Waals surface area contributed by atoms with Crippen LogP contribution in [-0.2, 0) is 9.53 Å². The number of para-hydroxylation sites is 1. The van der Waals surface area contributed by atoms with Crippen LogP contribution in [0.1, 0.15) is 10.4 Å². The van der Waals surface area contributed by atoms with Crippen molar-refractivity contribution in [1.82, 2.24) is 0 Å². The van der Waals surface area contributed by atoms with E-state index in [4.69, 9.17) is 9.15 Å². The fraction of sp³-hybridized carbons (Fsp3) is 0.0476. The molecule has 1 aromatic heterocycles. The van der Waals surface area contributed by atoms with Gasteiger partial charge in [-0.05, 0) is 36.4 Å². The van der Waals surface area contributed by atoms with Crippen molar-refractivity contribution in [3.05, 3.63) is 78.4 Å². The number of hydrogen-bond acceptors (Lipinski definition) is 4. The fourth-order valence-electron chi connectivity index (χ4n) is 2.79. The van der Waals surface area contributed by atoms with Gasteiger partial charge >= 0.3 is 5.97 Å². The smallest absolute Gasteiger partial charge is 0.338 e. The summed E-state index contributed by atoms with van der Waals surface area (Å²) < 4.78 is 10.8. The SMILES string of the molecule is O=C(COC(=O)c1ccccc1)Nc1ccc2oc3ccccc3c2c1. The number of carbonyl (C=O) groups is 2. The Kier molecular flexibility index (Phi) is 4.11. The minimum Gasteiger partial charge on any atom is -0.456 e. The lowest BCUT2D eigenvalue weighted by Gasteiger charge is -2.06. The Morgan fingerprint density at radius 3 is 2.42 bits per heavy atom. The first-order valence-corrected chi connectivity index (χ1v) is 8.14. The van der Waals surface area contributed by atoms with Crippen molar-refractivity contribution >= 4 is 39.5 Å². The van der Waals surface area contributed by atoms with Crippen molar-refractivity contribution in [3.63, 3.8) is 0 Å². The van der Waals surface area contributed by atoms with Crippen LogP contribution < -0.4 is 5.32 Å². The number of hydrogen-bond donors (Lipinski definition) is 1. The number of benzene rings is 3. The molecule has 0 atom stereocenters. The molecule has 0 aliphatic carbocycles. The van der Waals surface area contributed by atoms with Gasteiger partial charge in [0.15, 0.2) is 6.61 Å². The van der Waals surface area contributed by atoms with Gasteiger partial charge in [-0.25, -0.2) is 4.79 Å². The van der Waals surface area contributed by atoms with E-state index in [-0.39, 0.29) is 6.61 Å². The highest BCUT2D eigenvalue weighted by Gasteiger charge is 2.11. The summed E-state index contributed by atoms with van der Waals surface area (Å²) >= 11 is 0. The quantitative estimate of drug-likeness (QED) is 0.557. The molecule has 1 amide bonds. The number of carbonyl (C=O) groups excluding carboxylic acids is 2. The third-order valence-corrected chi connectivity index (χ3v) is 4.00. The van der Waals surface area contributed by atoms with E-state index in [9.17, 15) is 9.59 Å². The van der Waals surface area contributed by atoms with Crippen molar-refractivity contribution in [2.75, 3.05) is 11.9 Å². The number of furan rings is 1. The van der Waals surface area contributed by atoms with Gasteiger partial charge in [-0.2, -0.15) is 0 Å². The van der Waals surface area contributed by atoms with Gasteiger partial charge in [-0.1, -0.05) is 36.4 Å². The Morgan fingerprint density at radius 1 is 0.846 bits per heavy atom. The van der Waals surface area contributed by atoms with Crippen LogP contribution in [0.5, 0.6) is 0 Å². The number of amides is 1. The first-order chi connectivity index (χ1) is 12.7. The number of esters is 1. The molecule has 4 aromatic rings. The summed E-state index contributed by atoms with van der Waals surface area (Å²) in [7, 11) is 0. The lowest BCUT2D eigenvalue weighted by Crippen LogP contribution is -2.20. The van der Waals surface area contributed by atoms with Crippen molar-refractivity contribution in [3.8, 4) is 0 Å². The third-order valence-electron chi connectivity index (χ3n) is 4.00. The topological polar surface area (TPSA) is 68.5 Å². The summed E-state index contributed by atoms with van der Waals surface area (Å²) in [6.45, 7) is -0.349. The molecule has 0 saturated heterocycles. The summed E-state index contributed by atoms with van der Waals surface area (Å²) in [5.74, 6) is -0.932. The highest BCUT2D eigenvalue weighted by molar-refractivity contribution is 6.07. The molecule has 5 heteroatoms. The zero-order valence-electron chi connectivity index (χ0n) is 13.8. The highest BCUT2D eigenvalue weighted by atomic mass is 16.5. The molecule has 1 N–H and O–H groups in total. The molecule has 0 unspecified atom stereocenters. The average molecular weight is 345 g/mol. The first kappa shape index (κ1) is 15.9. The van der Waals surface area contributed by atoms with Gasteiger partial charge in [0.25, 0.3) is 5.91 Å². The van der Waals surface area contributed by atoms with E-state index >= 15 is 0 Å². The molecule has 4 rings (SSSR count). The maximum atomic E-state index is 12.1. The van der Waals surface area contributed by atoms with E-state index in [1.54, 1.807) is 42.5 Å². The molecule has 0 fully saturated rings. The van der Waals surface area contributed by atoms with Gasteiger partial charge in [0, 0.05) is 16.5 Å². The Morgan fingerprint density at radius 2 is 1.58 bits per heavy atom. The lowest BCUT2D eigenvalue weighted by molar-refractivity contribution is -0.119. The van der Waals surface area contributed by atoms with Gasteiger partial charge < -0.3 is 14.5 Å². The van der Waals surface area contributed by atoms with E-state index in [2.05, 4.69) is 5.32 Å². The summed E-state index contributed by atoms with van der Waals surface area (Å²) in [5.41, 5.74) is 2.57. The largest absolute Gasteiger partial charge is 0.456 e. The number of fused-ring (bicyclic) bond motifs is 3. The van der Waals surface area contributed by atoms with E-state index in [0.717, 1.165) is 21.9 Å². The molecule has 0 radical (unpaired) electrons. The van der Waals surface area contributed by atoms with Crippen molar-refractivity contribution < 1.29 is 18.7 Å². The molecule has 128 valence electrons. The maximum absolute atomic E-state index is 12.1. The first-order valence-electron chi connectivity index (χ1n) is 8.14. The van der Waals surface area contributed by atoms with Gasteiger partial charge in [0.1, 0.15) is 11.2 Å². The molecule has 5 nitrogen and oxygen atoms in total. The Balaban J connectivity index is 1.45. The Hall–Kier alpha value is -3.60. The van der Waals surface area contributed by atoms with E-state index in [1.165, 1.54) is 0 Å². The normalized spacial score (nSPS) is 10.8. The van der Waals surface area contributed by atoms with E-state index in [0.29, 0.717) is 11.3 Å². The predicted octanol–water partition coefficient (Wildman–Crippen LogP) is 4.38. The number of ether oxygens (including phenoxy) is 1. The lowest BCUT2D eigenvalue weighted by atomic mass is 10.1. The molecule has 0 saturated carbocycles. The molecule has 1 heterocycles. The second-order valence-corrected chi connectivity index (χ2v) is 5.80. The highest BCUT2D eigenvalue weighted by Crippen LogP contribution is 2.30. The number of anilines is 1. The average Bonchev–Trinajstić information content (AvgIpc) is 3.05. The van der Waals surface area contributed by atoms with E-state index in [1.807, 2.05) is 30.3 Å². The zero-order chi connectivity index (χ0) is 17.9. The molecule has 0 spiro atoms. The van der Waals surface area contributed by atoms with E-state index < -0.39 is 11.9 Å². The second-order valence-electron chi connectivity index (χ2n) is 5.80. The minimum atomic E-state index is -0.531. The van der Waals surface area contributed by atoms with Crippen LogP contribution in [-0.4, -0.2) is 18.5 Å². The molecule has 26 heavy (non-hydrogen) atoms. The van der Waals surface area contributed by atoms with Crippen LogP contribution in [0.2, 0.25) is 0 Å². The molecule has 0 aliphatic rings. The van der Waals surface area contributed by atoms with Crippen LogP contribution in [0.3, 0.4) is 0 Å². The minimum absolute atomic E-state index is 0.349. The van der Waals surface area contributed by atoms with Crippen molar-refractivity contribution in [2.45, 2.75) is 0 Å². The summed E-state index contributed by atoms with van der Waals surface area (Å²) in [6, 6.07) is 21.7. The summed E-state index contributed by atoms with van der Waals surface area (Å²) in [4.78, 5) is 23.9.